The van der Waals surface area contributed by atoms with Gasteiger partial charge in [0, 0.05) is 16.7 Å². The minimum Gasteiger partial charge on any atom is -0.508 e. The lowest BCUT2D eigenvalue weighted by molar-refractivity contribution is 0.0564. The van der Waals surface area contributed by atoms with Gasteiger partial charge in [-0.3, -0.25) is 5.43 Å². The van der Waals surface area contributed by atoms with E-state index >= 15 is 0 Å². The molecular formula is C28H22ClN3O2S. The third-order valence-electron chi connectivity index (χ3n) is 5.53. The smallest absolute Gasteiger partial charge is 0.216 e. The lowest BCUT2D eigenvalue weighted by Gasteiger charge is -2.29. The zero-order chi connectivity index (χ0) is 24.2. The predicted molar refractivity (Wildman–Crippen MR) is 144 cm³/mol. The van der Waals surface area contributed by atoms with Crippen molar-refractivity contribution in [3.63, 3.8) is 0 Å². The van der Waals surface area contributed by atoms with Crippen LogP contribution in [0.5, 0.6) is 5.75 Å². The maximum atomic E-state index is 9.84. The van der Waals surface area contributed by atoms with E-state index in [-0.39, 0.29) is 5.75 Å². The van der Waals surface area contributed by atoms with Gasteiger partial charge in [0.25, 0.3) is 0 Å². The summed E-state index contributed by atoms with van der Waals surface area (Å²) in [6.45, 7) is 0. The highest BCUT2D eigenvalue weighted by Crippen LogP contribution is 2.44. The van der Waals surface area contributed by atoms with Crippen LogP contribution in [0.15, 0.2) is 109 Å². The number of benzene rings is 4. The Labute approximate surface area is 214 Å². The molecule has 5 nitrogen and oxygen atoms in total. The largest absolute Gasteiger partial charge is 0.508 e. The fourth-order valence-corrected chi connectivity index (χ4v) is 4.29. The summed E-state index contributed by atoms with van der Waals surface area (Å²) < 4.78 is 6.58. The first-order chi connectivity index (χ1) is 17.1. The van der Waals surface area contributed by atoms with E-state index in [9.17, 15) is 5.11 Å². The Kier molecular flexibility index (Phi) is 6.57. The molecule has 0 saturated heterocycles. The summed E-state index contributed by atoms with van der Waals surface area (Å²) in [5, 5.41) is 15.8. The molecule has 174 valence electrons. The van der Waals surface area contributed by atoms with E-state index < -0.39 is 6.23 Å². The molecule has 0 fully saturated rings. The van der Waals surface area contributed by atoms with Gasteiger partial charge in [-0.15, -0.1) is 0 Å². The van der Waals surface area contributed by atoms with Crippen molar-refractivity contribution in [3.8, 4) is 5.75 Å². The molecule has 0 aliphatic carbocycles. The molecule has 4 aromatic carbocycles. The second-order valence-corrected chi connectivity index (χ2v) is 8.70. The minimum atomic E-state index is -0.549. The van der Waals surface area contributed by atoms with Gasteiger partial charge in [-0.2, -0.15) is 0 Å². The number of para-hydroxylation sites is 1. The molecule has 0 amide bonds. The molecule has 0 spiro atoms. The van der Waals surface area contributed by atoms with Crippen LogP contribution in [-0.4, -0.2) is 15.2 Å². The Morgan fingerprint density at radius 1 is 0.800 bits per heavy atom. The van der Waals surface area contributed by atoms with Crippen LogP contribution in [0.1, 0.15) is 22.9 Å². The van der Waals surface area contributed by atoms with Crippen LogP contribution in [0.3, 0.4) is 0 Å². The van der Waals surface area contributed by atoms with Crippen molar-refractivity contribution in [1.82, 2.24) is 10.4 Å². The second kappa shape index (κ2) is 10.1. The van der Waals surface area contributed by atoms with Crippen molar-refractivity contribution < 1.29 is 9.84 Å². The number of halogens is 1. The minimum absolute atomic E-state index is 0.182. The molecule has 35 heavy (non-hydrogen) atoms. The molecule has 1 unspecified atom stereocenters. The number of hydrazine groups is 1. The van der Waals surface area contributed by atoms with Gasteiger partial charge < -0.3 is 15.2 Å². The Bertz CT molecular complexity index is 1360. The van der Waals surface area contributed by atoms with Crippen LogP contribution < -0.4 is 10.7 Å². The van der Waals surface area contributed by atoms with Gasteiger partial charge in [0.1, 0.15) is 11.4 Å². The van der Waals surface area contributed by atoms with Crippen molar-refractivity contribution in [2.45, 2.75) is 6.23 Å². The van der Waals surface area contributed by atoms with Crippen molar-refractivity contribution in [3.05, 3.63) is 131 Å². The standard InChI is InChI=1S/C28H22ClN3O2S/c29-23-13-7-8-14-24(23)30-28(35)31-32-25(19-9-3-1-4-10-19)26(20-11-5-2-6-12-20)34-27(32)21-15-17-22(33)18-16-21/h1-18,27,33H,(H2,30,31,35). The number of hydrogen-bond donors (Lipinski definition) is 3. The molecule has 0 saturated carbocycles. The van der Waals surface area contributed by atoms with Gasteiger partial charge >= 0.3 is 0 Å². The number of anilines is 1. The van der Waals surface area contributed by atoms with E-state index in [4.69, 9.17) is 28.6 Å². The fourth-order valence-electron chi connectivity index (χ4n) is 3.90. The molecule has 7 heteroatoms. The molecule has 4 aromatic rings. The highest BCUT2D eigenvalue weighted by atomic mass is 35.5. The maximum Gasteiger partial charge on any atom is 0.216 e. The normalized spacial score (nSPS) is 15.0. The van der Waals surface area contributed by atoms with Gasteiger partial charge in [0.15, 0.2) is 10.9 Å². The first-order valence-corrected chi connectivity index (χ1v) is 11.8. The molecule has 0 bridgehead atoms. The van der Waals surface area contributed by atoms with Crippen molar-refractivity contribution in [2.24, 2.45) is 0 Å². The zero-order valence-corrected chi connectivity index (χ0v) is 20.1. The van der Waals surface area contributed by atoms with Crippen molar-refractivity contribution in [1.29, 1.82) is 0 Å². The average molecular weight is 500 g/mol. The van der Waals surface area contributed by atoms with Crippen LogP contribution in [0, 0.1) is 0 Å². The third kappa shape index (κ3) is 4.94. The Balaban J connectivity index is 1.58. The van der Waals surface area contributed by atoms with Crippen LogP contribution in [0.4, 0.5) is 5.69 Å². The van der Waals surface area contributed by atoms with Gasteiger partial charge in [0.2, 0.25) is 6.23 Å². The van der Waals surface area contributed by atoms with Crippen molar-refractivity contribution in [2.75, 3.05) is 5.32 Å². The number of ether oxygens (including phenoxy) is 1. The Hall–Kier alpha value is -4.00. The third-order valence-corrected chi connectivity index (χ3v) is 6.05. The maximum absolute atomic E-state index is 9.84. The molecule has 3 N–H and O–H groups in total. The lowest BCUT2D eigenvalue weighted by Crippen LogP contribution is -2.43. The number of nitrogens with zero attached hydrogens (tertiary/aromatic N) is 1. The molecule has 1 aliphatic rings. The van der Waals surface area contributed by atoms with Gasteiger partial charge in [-0.1, -0.05) is 84.4 Å². The first kappa shape index (κ1) is 22.8. The van der Waals surface area contributed by atoms with Crippen LogP contribution in [0.25, 0.3) is 11.5 Å². The van der Waals surface area contributed by atoms with Gasteiger partial charge in [0.05, 0.1) is 10.7 Å². The highest BCUT2D eigenvalue weighted by Gasteiger charge is 2.37. The molecular weight excluding hydrogens is 478 g/mol. The molecule has 0 aromatic heterocycles. The summed E-state index contributed by atoms with van der Waals surface area (Å²) in [4.78, 5) is 0. The number of aromatic hydroxyl groups is 1. The SMILES string of the molecule is Oc1ccc(C2OC(c3ccccc3)=C(c3ccccc3)N2NC(=S)Nc2ccccc2Cl)cc1. The van der Waals surface area contributed by atoms with Crippen LogP contribution >= 0.6 is 23.8 Å². The number of nitrogens with one attached hydrogen (secondary N) is 2. The van der Waals surface area contributed by atoms with E-state index in [1.807, 2.05) is 96.0 Å². The predicted octanol–water partition coefficient (Wildman–Crippen LogP) is 6.80. The summed E-state index contributed by atoms with van der Waals surface area (Å²) in [5.74, 6) is 0.893. The average Bonchev–Trinajstić information content (AvgIpc) is 3.26. The zero-order valence-electron chi connectivity index (χ0n) is 18.6. The van der Waals surface area contributed by atoms with Gasteiger partial charge in [-0.25, -0.2) is 5.01 Å². The van der Waals surface area contributed by atoms with E-state index in [0.717, 1.165) is 22.4 Å². The summed E-state index contributed by atoms with van der Waals surface area (Å²) in [6.07, 6.45) is -0.549. The number of thiocarbonyl (C=S) groups is 1. The van der Waals surface area contributed by atoms with Crippen molar-refractivity contribution >= 4 is 46.1 Å². The summed E-state index contributed by atoms with van der Waals surface area (Å²) in [6, 6.07) is 34.3. The topological polar surface area (TPSA) is 56.8 Å². The van der Waals surface area contributed by atoms with E-state index in [0.29, 0.717) is 21.6 Å². The number of hydrogen-bond acceptors (Lipinski definition) is 4. The quantitative estimate of drug-likeness (QED) is 0.262. The Morgan fingerprint density at radius 3 is 2.06 bits per heavy atom. The Morgan fingerprint density at radius 2 is 1.40 bits per heavy atom. The summed E-state index contributed by atoms with van der Waals surface area (Å²) >= 11 is 12.0. The fraction of sp³-hybridized carbons (Fsp3) is 0.0357. The van der Waals surface area contributed by atoms with E-state index in [2.05, 4.69) is 10.7 Å². The van der Waals surface area contributed by atoms with E-state index in [1.165, 1.54) is 0 Å². The molecule has 1 heterocycles. The van der Waals surface area contributed by atoms with Crippen LogP contribution in [0.2, 0.25) is 5.02 Å². The molecule has 5 rings (SSSR count). The number of phenols is 1. The number of phenolic OH excluding ortho intramolecular Hbond substituents is 1. The monoisotopic (exact) mass is 499 g/mol. The second-order valence-electron chi connectivity index (χ2n) is 7.89. The first-order valence-electron chi connectivity index (χ1n) is 11.0. The van der Waals surface area contributed by atoms with Crippen LogP contribution in [-0.2, 0) is 4.74 Å². The molecule has 1 aliphatic heterocycles. The number of rotatable bonds is 5. The molecule has 0 radical (unpaired) electrons. The van der Waals surface area contributed by atoms with E-state index in [1.54, 1.807) is 18.2 Å². The highest BCUT2D eigenvalue weighted by molar-refractivity contribution is 7.80. The van der Waals surface area contributed by atoms with Gasteiger partial charge in [-0.05, 0) is 48.6 Å². The lowest BCUT2D eigenvalue weighted by atomic mass is 10.1. The molecule has 1 atom stereocenters. The summed E-state index contributed by atoms with van der Waals surface area (Å²) in [5.41, 5.74) is 7.58. The summed E-state index contributed by atoms with van der Waals surface area (Å²) in [7, 11) is 0.